The number of para-hydroxylation sites is 1. The molecule has 7 heteroatoms. The van der Waals surface area contributed by atoms with Crippen LogP contribution in [0, 0.1) is 0 Å². The van der Waals surface area contributed by atoms with Crippen LogP contribution in [0.4, 0.5) is 0 Å². The highest BCUT2D eigenvalue weighted by Crippen LogP contribution is 2.23. The zero-order chi connectivity index (χ0) is 15.7. The molecule has 0 aliphatic carbocycles. The van der Waals surface area contributed by atoms with Crippen molar-refractivity contribution in [1.82, 2.24) is 5.32 Å². The summed E-state index contributed by atoms with van der Waals surface area (Å²) < 4.78 is 10.2. The molecule has 0 aliphatic rings. The minimum Gasteiger partial charge on any atom is -0.496 e. The van der Waals surface area contributed by atoms with Crippen molar-refractivity contribution in [3.8, 4) is 5.75 Å². The van der Waals surface area contributed by atoms with Gasteiger partial charge in [0.05, 0.1) is 14.2 Å². The van der Waals surface area contributed by atoms with Crippen LogP contribution in [-0.2, 0) is 16.0 Å². The standard InChI is InChI=1S/C14H20N4O3/c1-14(13(19)21-3,16-8-9-17-18-15)10-11-6-4-5-7-12(11)20-2/h4-7,16H,8-10H2,1-3H3. The summed E-state index contributed by atoms with van der Waals surface area (Å²) in [5.74, 6) is 0.332. The third-order valence-electron chi connectivity index (χ3n) is 3.16. The van der Waals surface area contributed by atoms with E-state index < -0.39 is 5.54 Å². The Labute approximate surface area is 123 Å². The summed E-state index contributed by atoms with van der Waals surface area (Å²) in [6.07, 6.45) is 0.403. The van der Waals surface area contributed by atoms with Crippen molar-refractivity contribution in [2.24, 2.45) is 5.11 Å². The molecule has 1 atom stereocenters. The molecule has 0 saturated heterocycles. The number of ether oxygens (including phenoxy) is 2. The van der Waals surface area contributed by atoms with Gasteiger partial charge in [-0.05, 0) is 24.1 Å². The molecule has 0 bridgehead atoms. The van der Waals surface area contributed by atoms with Crippen molar-refractivity contribution in [3.05, 3.63) is 40.3 Å². The smallest absolute Gasteiger partial charge is 0.326 e. The number of nitrogens with one attached hydrogen (secondary N) is 1. The number of nitrogens with zero attached hydrogens (tertiary/aromatic N) is 3. The number of esters is 1. The second-order valence-corrected chi connectivity index (χ2v) is 4.69. The molecule has 1 N–H and O–H groups in total. The third-order valence-corrected chi connectivity index (χ3v) is 3.16. The number of methoxy groups -OCH3 is 2. The monoisotopic (exact) mass is 292 g/mol. The molecule has 0 fully saturated rings. The molecule has 0 heterocycles. The first-order chi connectivity index (χ1) is 10.1. The lowest BCUT2D eigenvalue weighted by Gasteiger charge is -2.28. The van der Waals surface area contributed by atoms with Gasteiger partial charge in [0, 0.05) is 24.4 Å². The van der Waals surface area contributed by atoms with Crippen LogP contribution in [0.25, 0.3) is 10.4 Å². The Balaban J connectivity index is 2.91. The zero-order valence-corrected chi connectivity index (χ0v) is 12.5. The van der Waals surface area contributed by atoms with Gasteiger partial charge in [-0.15, -0.1) is 0 Å². The van der Waals surface area contributed by atoms with E-state index in [1.54, 1.807) is 14.0 Å². The topological polar surface area (TPSA) is 96.3 Å². The second kappa shape index (κ2) is 8.14. The van der Waals surface area contributed by atoms with E-state index in [4.69, 9.17) is 15.0 Å². The average Bonchev–Trinajstić information content (AvgIpc) is 2.51. The highest BCUT2D eigenvalue weighted by molar-refractivity contribution is 5.80. The predicted octanol–water partition coefficient (Wildman–Crippen LogP) is 2.07. The maximum absolute atomic E-state index is 12.1. The summed E-state index contributed by atoms with van der Waals surface area (Å²) in [4.78, 5) is 14.8. The van der Waals surface area contributed by atoms with Crippen LogP contribution in [0.15, 0.2) is 29.4 Å². The number of rotatable bonds is 8. The normalized spacial score (nSPS) is 12.9. The Kier molecular flexibility index (Phi) is 6.52. The van der Waals surface area contributed by atoms with Crippen LogP contribution in [0.5, 0.6) is 5.75 Å². The first-order valence-electron chi connectivity index (χ1n) is 6.53. The molecule has 1 aromatic carbocycles. The van der Waals surface area contributed by atoms with E-state index >= 15 is 0 Å². The van der Waals surface area contributed by atoms with Gasteiger partial charge in [0.2, 0.25) is 0 Å². The Hall–Kier alpha value is -2.24. The highest BCUT2D eigenvalue weighted by atomic mass is 16.5. The van der Waals surface area contributed by atoms with Gasteiger partial charge in [0.15, 0.2) is 0 Å². The number of carbonyl (C=O) groups is 1. The molecule has 0 radical (unpaired) electrons. The predicted molar refractivity (Wildman–Crippen MR) is 79.1 cm³/mol. The van der Waals surface area contributed by atoms with Crippen molar-refractivity contribution < 1.29 is 14.3 Å². The quantitative estimate of drug-likeness (QED) is 0.261. The summed E-state index contributed by atoms with van der Waals surface area (Å²) in [6, 6.07) is 7.49. The highest BCUT2D eigenvalue weighted by Gasteiger charge is 2.34. The lowest BCUT2D eigenvalue weighted by Crippen LogP contribution is -2.52. The van der Waals surface area contributed by atoms with Gasteiger partial charge in [-0.25, -0.2) is 0 Å². The Morgan fingerprint density at radius 1 is 1.43 bits per heavy atom. The molecular weight excluding hydrogens is 272 g/mol. The fourth-order valence-corrected chi connectivity index (χ4v) is 2.09. The largest absolute Gasteiger partial charge is 0.496 e. The minimum absolute atomic E-state index is 0.259. The van der Waals surface area contributed by atoms with E-state index in [1.165, 1.54) is 7.11 Å². The SMILES string of the molecule is COC(=O)C(C)(Cc1ccccc1OC)NCCN=[N+]=[N-]. The zero-order valence-electron chi connectivity index (χ0n) is 12.5. The van der Waals surface area contributed by atoms with Crippen LogP contribution < -0.4 is 10.1 Å². The first kappa shape index (κ1) is 16.8. The van der Waals surface area contributed by atoms with Crippen LogP contribution >= 0.6 is 0 Å². The van der Waals surface area contributed by atoms with E-state index in [1.807, 2.05) is 24.3 Å². The van der Waals surface area contributed by atoms with Crippen molar-refractivity contribution in [3.63, 3.8) is 0 Å². The van der Waals surface area contributed by atoms with Gasteiger partial charge in [0.1, 0.15) is 11.3 Å². The minimum atomic E-state index is -0.922. The van der Waals surface area contributed by atoms with Crippen molar-refractivity contribution in [2.45, 2.75) is 18.9 Å². The maximum Gasteiger partial charge on any atom is 0.326 e. The second-order valence-electron chi connectivity index (χ2n) is 4.69. The lowest BCUT2D eigenvalue weighted by molar-refractivity contribution is -0.147. The fraction of sp³-hybridized carbons (Fsp3) is 0.500. The molecule has 0 aromatic heterocycles. The van der Waals surface area contributed by atoms with E-state index in [0.29, 0.717) is 18.7 Å². The summed E-state index contributed by atoms with van der Waals surface area (Å²) in [6.45, 7) is 2.39. The first-order valence-corrected chi connectivity index (χ1v) is 6.53. The van der Waals surface area contributed by atoms with Crippen LogP contribution in [0.1, 0.15) is 12.5 Å². The molecule has 0 aliphatic heterocycles. The van der Waals surface area contributed by atoms with Gasteiger partial charge in [0.25, 0.3) is 0 Å². The van der Waals surface area contributed by atoms with Gasteiger partial charge in [-0.2, -0.15) is 0 Å². The lowest BCUT2D eigenvalue weighted by atomic mass is 9.92. The van der Waals surface area contributed by atoms with Crippen LogP contribution in [0.2, 0.25) is 0 Å². The number of azide groups is 1. The van der Waals surface area contributed by atoms with Crippen molar-refractivity contribution in [1.29, 1.82) is 0 Å². The van der Waals surface area contributed by atoms with Crippen LogP contribution in [-0.4, -0.2) is 38.8 Å². The van der Waals surface area contributed by atoms with Crippen molar-refractivity contribution in [2.75, 3.05) is 27.3 Å². The molecule has 1 aromatic rings. The fourth-order valence-electron chi connectivity index (χ4n) is 2.09. The number of hydrogen-bond donors (Lipinski definition) is 1. The molecule has 0 saturated carbocycles. The Bertz CT molecular complexity index is 529. The number of benzene rings is 1. The van der Waals surface area contributed by atoms with Crippen molar-refractivity contribution >= 4 is 5.97 Å². The van der Waals surface area contributed by atoms with Crippen LogP contribution in [0.3, 0.4) is 0 Å². The number of carbonyl (C=O) groups excluding carboxylic acids is 1. The average molecular weight is 292 g/mol. The molecule has 0 spiro atoms. The van der Waals surface area contributed by atoms with Gasteiger partial charge in [-0.3, -0.25) is 4.79 Å². The summed E-state index contributed by atoms with van der Waals surface area (Å²) in [5.41, 5.74) is 8.25. The number of hydrogen-bond acceptors (Lipinski definition) is 5. The molecule has 114 valence electrons. The molecule has 21 heavy (non-hydrogen) atoms. The van der Waals surface area contributed by atoms with Gasteiger partial charge < -0.3 is 14.8 Å². The van der Waals surface area contributed by atoms with Gasteiger partial charge >= 0.3 is 5.97 Å². The van der Waals surface area contributed by atoms with E-state index in [-0.39, 0.29) is 12.5 Å². The molecule has 1 rings (SSSR count). The third kappa shape index (κ3) is 4.66. The van der Waals surface area contributed by atoms with E-state index in [0.717, 1.165) is 5.56 Å². The van der Waals surface area contributed by atoms with E-state index in [9.17, 15) is 4.79 Å². The molecule has 0 amide bonds. The summed E-state index contributed by atoms with van der Waals surface area (Å²) >= 11 is 0. The summed E-state index contributed by atoms with van der Waals surface area (Å²) in [7, 11) is 2.93. The molecule has 7 nitrogen and oxygen atoms in total. The maximum atomic E-state index is 12.1. The Morgan fingerprint density at radius 2 is 2.14 bits per heavy atom. The van der Waals surface area contributed by atoms with Gasteiger partial charge in [-0.1, -0.05) is 23.3 Å². The summed E-state index contributed by atoms with van der Waals surface area (Å²) in [5, 5.41) is 6.53. The Morgan fingerprint density at radius 3 is 2.76 bits per heavy atom. The molecular formula is C14H20N4O3. The molecule has 1 unspecified atom stereocenters. The van der Waals surface area contributed by atoms with E-state index in [2.05, 4.69) is 15.3 Å².